The number of pyridine rings is 1. The van der Waals surface area contributed by atoms with E-state index >= 15 is 0 Å². The molecule has 1 aliphatic rings. The van der Waals surface area contributed by atoms with Crippen LogP contribution in [0.15, 0.2) is 47.1 Å². The summed E-state index contributed by atoms with van der Waals surface area (Å²) in [6, 6.07) is 11.1. The van der Waals surface area contributed by atoms with Gasteiger partial charge in [0.2, 0.25) is 0 Å². The number of halogens is 1. The molecule has 2 heterocycles. The number of benzene rings is 1. The number of nitrogens with one attached hydrogen (secondary N) is 1. The van der Waals surface area contributed by atoms with E-state index in [1.807, 2.05) is 24.3 Å². The third-order valence-corrected chi connectivity index (χ3v) is 3.62. The molecule has 0 saturated carbocycles. The van der Waals surface area contributed by atoms with Crippen LogP contribution in [0.25, 0.3) is 0 Å². The number of hydrogen-bond donors (Lipinski definition) is 1. The fourth-order valence-electron chi connectivity index (χ4n) is 2.06. The summed E-state index contributed by atoms with van der Waals surface area (Å²) >= 11 is 3.32. The minimum absolute atomic E-state index is 0.127. The highest BCUT2D eigenvalue weighted by atomic mass is 79.9. The highest BCUT2D eigenvalue weighted by Crippen LogP contribution is 2.31. The SMILES string of the molecule is O=C(NC1COc2ccccc21)c1ncccc1Br. The number of aromatic nitrogens is 1. The van der Waals surface area contributed by atoms with E-state index in [0.717, 1.165) is 11.3 Å². The molecule has 19 heavy (non-hydrogen) atoms. The fraction of sp³-hybridized carbons (Fsp3) is 0.143. The molecule has 1 aliphatic heterocycles. The van der Waals surface area contributed by atoms with Gasteiger partial charge in [-0.3, -0.25) is 4.79 Å². The predicted molar refractivity (Wildman–Crippen MR) is 74.1 cm³/mol. The van der Waals surface area contributed by atoms with Crippen LogP contribution in [0.1, 0.15) is 22.1 Å². The summed E-state index contributed by atoms with van der Waals surface area (Å²) in [5.41, 5.74) is 1.38. The Balaban J connectivity index is 1.81. The number of ether oxygens (including phenoxy) is 1. The Morgan fingerprint density at radius 2 is 2.16 bits per heavy atom. The van der Waals surface area contributed by atoms with Crippen LogP contribution in [0.3, 0.4) is 0 Å². The van der Waals surface area contributed by atoms with Crippen LogP contribution < -0.4 is 10.1 Å². The van der Waals surface area contributed by atoms with Gasteiger partial charge in [-0.05, 0) is 34.1 Å². The lowest BCUT2D eigenvalue weighted by Gasteiger charge is -2.11. The van der Waals surface area contributed by atoms with Crippen molar-refractivity contribution in [2.45, 2.75) is 6.04 Å². The molecule has 96 valence electrons. The van der Waals surface area contributed by atoms with Crippen molar-refractivity contribution in [2.24, 2.45) is 0 Å². The molecular weight excluding hydrogens is 308 g/mol. The van der Waals surface area contributed by atoms with Gasteiger partial charge in [0.1, 0.15) is 18.1 Å². The van der Waals surface area contributed by atoms with E-state index in [1.54, 1.807) is 18.3 Å². The van der Waals surface area contributed by atoms with Crippen molar-refractivity contribution in [3.8, 4) is 5.75 Å². The summed E-state index contributed by atoms with van der Waals surface area (Å²) in [5.74, 6) is 0.616. The smallest absolute Gasteiger partial charge is 0.271 e. The zero-order valence-electron chi connectivity index (χ0n) is 9.97. The fourth-order valence-corrected chi connectivity index (χ4v) is 2.50. The molecule has 2 aromatic rings. The zero-order chi connectivity index (χ0) is 13.2. The molecule has 1 N–H and O–H groups in total. The van der Waals surface area contributed by atoms with Crippen LogP contribution in [0, 0.1) is 0 Å². The van der Waals surface area contributed by atoms with Crippen LogP contribution in [0.2, 0.25) is 0 Å². The van der Waals surface area contributed by atoms with Crippen LogP contribution in [-0.2, 0) is 0 Å². The molecule has 1 unspecified atom stereocenters. The van der Waals surface area contributed by atoms with Gasteiger partial charge >= 0.3 is 0 Å². The molecular formula is C14H11BrN2O2. The molecule has 1 amide bonds. The van der Waals surface area contributed by atoms with Gasteiger partial charge in [-0.25, -0.2) is 4.98 Å². The number of para-hydroxylation sites is 1. The largest absolute Gasteiger partial charge is 0.491 e. The summed E-state index contributed by atoms with van der Waals surface area (Å²) < 4.78 is 6.21. The van der Waals surface area contributed by atoms with E-state index in [9.17, 15) is 4.79 Å². The van der Waals surface area contributed by atoms with E-state index in [4.69, 9.17) is 4.74 Å². The summed E-state index contributed by atoms with van der Waals surface area (Å²) in [7, 11) is 0. The average Bonchev–Trinajstić information content (AvgIpc) is 2.83. The maximum Gasteiger partial charge on any atom is 0.271 e. The third kappa shape index (κ3) is 2.33. The Kier molecular flexibility index (Phi) is 3.21. The Bertz CT molecular complexity index is 630. The topological polar surface area (TPSA) is 51.2 Å². The van der Waals surface area contributed by atoms with E-state index in [1.165, 1.54) is 0 Å². The molecule has 1 aromatic heterocycles. The Hall–Kier alpha value is -1.88. The Morgan fingerprint density at radius 3 is 3.00 bits per heavy atom. The molecule has 0 radical (unpaired) electrons. The normalized spacial score (nSPS) is 16.6. The number of amides is 1. The molecule has 5 heteroatoms. The lowest BCUT2D eigenvalue weighted by Crippen LogP contribution is -2.30. The molecule has 1 aromatic carbocycles. The number of carbonyl (C=O) groups is 1. The zero-order valence-corrected chi connectivity index (χ0v) is 11.6. The van der Waals surface area contributed by atoms with Crippen molar-refractivity contribution < 1.29 is 9.53 Å². The number of hydrogen-bond acceptors (Lipinski definition) is 3. The van der Waals surface area contributed by atoms with Gasteiger partial charge in [0.15, 0.2) is 0 Å². The van der Waals surface area contributed by atoms with E-state index < -0.39 is 0 Å². The van der Waals surface area contributed by atoms with Crippen molar-refractivity contribution in [2.75, 3.05) is 6.61 Å². The standard InChI is InChI=1S/C14H11BrN2O2/c15-10-5-3-7-16-13(10)14(18)17-11-8-19-12-6-2-1-4-9(11)12/h1-7,11H,8H2,(H,17,18). The quantitative estimate of drug-likeness (QED) is 0.926. The summed E-state index contributed by atoms with van der Waals surface area (Å²) in [4.78, 5) is 16.2. The summed E-state index contributed by atoms with van der Waals surface area (Å²) in [6.07, 6.45) is 1.60. The first kappa shape index (κ1) is 12.2. The molecule has 0 spiro atoms. The molecule has 0 fully saturated rings. The maximum absolute atomic E-state index is 12.2. The minimum atomic E-state index is -0.210. The second-order valence-electron chi connectivity index (χ2n) is 4.21. The number of fused-ring (bicyclic) bond motifs is 1. The van der Waals surface area contributed by atoms with Crippen LogP contribution in [0.4, 0.5) is 0 Å². The van der Waals surface area contributed by atoms with Gasteiger partial charge in [-0.2, -0.15) is 0 Å². The lowest BCUT2D eigenvalue weighted by atomic mass is 10.1. The van der Waals surface area contributed by atoms with Crippen LogP contribution in [0.5, 0.6) is 5.75 Å². The number of carbonyl (C=O) groups excluding carboxylic acids is 1. The van der Waals surface area contributed by atoms with E-state index in [-0.39, 0.29) is 11.9 Å². The minimum Gasteiger partial charge on any atom is -0.491 e. The molecule has 3 rings (SSSR count). The second-order valence-corrected chi connectivity index (χ2v) is 5.06. The van der Waals surface area contributed by atoms with Crippen molar-refractivity contribution >= 4 is 21.8 Å². The van der Waals surface area contributed by atoms with Crippen molar-refractivity contribution in [3.63, 3.8) is 0 Å². The number of nitrogens with zero attached hydrogens (tertiary/aromatic N) is 1. The summed E-state index contributed by atoms with van der Waals surface area (Å²) in [5, 5.41) is 2.94. The lowest BCUT2D eigenvalue weighted by molar-refractivity contribution is 0.0924. The highest BCUT2D eigenvalue weighted by molar-refractivity contribution is 9.10. The van der Waals surface area contributed by atoms with Gasteiger partial charge in [-0.15, -0.1) is 0 Å². The molecule has 4 nitrogen and oxygen atoms in total. The third-order valence-electron chi connectivity index (χ3n) is 2.98. The van der Waals surface area contributed by atoms with Crippen LogP contribution >= 0.6 is 15.9 Å². The second kappa shape index (κ2) is 5.01. The van der Waals surface area contributed by atoms with Gasteiger partial charge in [-0.1, -0.05) is 18.2 Å². The molecule has 0 saturated heterocycles. The van der Waals surface area contributed by atoms with Gasteiger partial charge in [0.25, 0.3) is 5.91 Å². The van der Waals surface area contributed by atoms with Crippen LogP contribution in [-0.4, -0.2) is 17.5 Å². The molecule has 0 aliphatic carbocycles. The van der Waals surface area contributed by atoms with Gasteiger partial charge in [0.05, 0.1) is 6.04 Å². The predicted octanol–water partition coefficient (Wildman–Crippen LogP) is 2.71. The molecule has 1 atom stereocenters. The average molecular weight is 319 g/mol. The first-order chi connectivity index (χ1) is 9.25. The Morgan fingerprint density at radius 1 is 1.32 bits per heavy atom. The summed E-state index contributed by atoms with van der Waals surface area (Å²) in [6.45, 7) is 0.454. The highest BCUT2D eigenvalue weighted by Gasteiger charge is 2.26. The monoisotopic (exact) mass is 318 g/mol. The van der Waals surface area contributed by atoms with Crippen molar-refractivity contribution in [3.05, 3.63) is 58.3 Å². The first-order valence-corrected chi connectivity index (χ1v) is 6.68. The number of rotatable bonds is 2. The van der Waals surface area contributed by atoms with Crippen molar-refractivity contribution in [1.29, 1.82) is 0 Å². The van der Waals surface area contributed by atoms with Crippen molar-refractivity contribution in [1.82, 2.24) is 10.3 Å². The molecule has 0 bridgehead atoms. The first-order valence-electron chi connectivity index (χ1n) is 5.89. The van der Waals surface area contributed by atoms with Gasteiger partial charge < -0.3 is 10.1 Å². The van der Waals surface area contributed by atoms with E-state index in [2.05, 4.69) is 26.2 Å². The Labute approximate surface area is 118 Å². The maximum atomic E-state index is 12.2. The van der Waals surface area contributed by atoms with E-state index in [0.29, 0.717) is 16.8 Å². The van der Waals surface area contributed by atoms with Gasteiger partial charge in [0, 0.05) is 16.2 Å².